The monoisotopic (exact) mass is 1040 g/mol. The number of benzene rings is 7. The van der Waals surface area contributed by atoms with Crippen molar-refractivity contribution < 1.29 is 71.1 Å². The largest absolute Gasteiger partial charge is 0.497 e. The van der Waals surface area contributed by atoms with Crippen LogP contribution in [0.25, 0.3) is 0 Å². The van der Waals surface area contributed by atoms with Crippen LogP contribution in [0, 0.1) is 0 Å². The predicted molar refractivity (Wildman–Crippen MR) is 285 cm³/mol. The van der Waals surface area contributed by atoms with E-state index in [4.69, 9.17) is 66.3 Å². The molecule has 0 saturated heterocycles. The van der Waals surface area contributed by atoms with Crippen molar-refractivity contribution in [1.29, 1.82) is 0 Å². The molecule has 7 aromatic carbocycles. The molecule has 0 heterocycles. The molecule has 0 N–H and O–H groups in total. The second-order valence-corrected chi connectivity index (χ2v) is 18.0. The van der Waals surface area contributed by atoms with Gasteiger partial charge in [-0.2, -0.15) is 0 Å². The molecule has 0 atom stereocenters. The molecule has 0 unspecified atom stereocenters. The third-order valence-corrected chi connectivity index (χ3v) is 12.2. The molecule has 0 aliphatic carbocycles. The van der Waals surface area contributed by atoms with Crippen molar-refractivity contribution in [3.05, 3.63) is 166 Å². The topological polar surface area (TPSA) is 146 Å². The Morgan fingerprint density at radius 2 is 0.427 bits per heavy atom. The van der Waals surface area contributed by atoms with E-state index in [9.17, 15) is 4.79 Å². The molecule has 7 rings (SSSR count). The van der Waals surface area contributed by atoms with Gasteiger partial charge in [0.1, 0.15) is 120 Å². The molecule has 0 amide bonds. The summed E-state index contributed by atoms with van der Waals surface area (Å²) in [4.78, 5) is 12.2. The van der Waals surface area contributed by atoms with Gasteiger partial charge in [0.2, 0.25) is 0 Å². The average molecular weight is 1040 g/mol. The molecule has 75 heavy (non-hydrogen) atoms. The third-order valence-electron chi connectivity index (χ3n) is 11.3. The summed E-state index contributed by atoms with van der Waals surface area (Å²) in [6.07, 6.45) is 0. The first-order valence-corrected chi connectivity index (χ1v) is 24.6. The van der Waals surface area contributed by atoms with Gasteiger partial charge in [0.25, 0.3) is 0 Å². The fraction of sp³-hybridized carbons (Fsp3) is 0.271. The number of carbonyl (C=O) groups is 1. The molecule has 0 fully saturated rings. The van der Waals surface area contributed by atoms with E-state index in [-0.39, 0.29) is 44.8 Å². The van der Waals surface area contributed by atoms with Crippen molar-refractivity contribution in [1.82, 2.24) is 0 Å². The SMILES string of the molecule is COc1cc(COc2cc(COc3cc(CSC(C)=O)cc(OCc4cc(OCc5cc(OC)cc(OC)c5)cc(OCc5cc(OC)cc(OC)c5)c4)c3)cc(OCc3cc(OC)cc(OC)c3)c2)cc(OC)c1. The van der Waals surface area contributed by atoms with Gasteiger partial charge in [-0.3, -0.25) is 4.79 Å². The Balaban J connectivity index is 1.13. The van der Waals surface area contributed by atoms with Crippen LogP contribution in [0.1, 0.15) is 45.9 Å². The fourth-order valence-corrected chi connectivity index (χ4v) is 8.16. The van der Waals surface area contributed by atoms with Gasteiger partial charge < -0.3 is 66.3 Å². The summed E-state index contributed by atoms with van der Waals surface area (Å²) in [6.45, 7) is 2.69. The van der Waals surface area contributed by atoms with Gasteiger partial charge in [-0.05, 0) is 124 Å². The Labute approximate surface area is 442 Å². The Bertz CT molecular complexity index is 2580. The highest BCUT2D eigenvalue weighted by molar-refractivity contribution is 8.12. The van der Waals surface area contributed by atoms with E-state index in [1.54, 1.807) is 81.1 Å². The third kappa shape index (κ3) is 16.6. The van der Waals surface area contributed by atoms with E-state index in [1.165, 1.54) is 18.7 Å². The lowest BCUT2D eigenvalue weighted by Gasteiger charge is -2.16. The van der Waals surface area contributed by atoms with Crippen molar-refractivity contribution in [3.8, 4) is 80.5 Å². The van der Waals surface area contributed by atoms with Crippen LogP contribution >= 0.6 is 11.8 Å². The summed E-state index contributed by atoms with van der Waals surface area (Å²) in [6, 6.07) is 39.2. The van der Waals surface area contributed by atoms with Gasteiger partial charge in [0, 0.05) is 55.1 Å². The van der Waals surface area contributed by atoms with Crippen LogP contribution in [0.3, 0.4) is 0 Å². The summed E-state index contributed by atoms with van der Waals surface area (Å²) in [5, 5.41) is -0.0166. The Hall–Kier alpha value is -8.24. The van der Waals surface area contributed by atoms with Gasteiger partial charge in [0.05, 0.1) is 56.9 Å². The minimum absolute atomic E-state index is 0.0166. The van der Waals surface area contributed by atoms with E-state index in [2.05, 4.69) is 0 Å². The molecular formula is C59H62O15S. The highest BCUT2D eigenvalue weighted by atomic mass is 32.2. The standard InChI is InChI=1S/C59H62O15S/c1-38(60)75-37-45-22-58(73-35-43-18-54(69-31-39-10-46(61-2)24-47(11-39)62-3)28-55(19-43)70-32-40-12-48(63-4)25-49(13-40)64-5)30-59(23-45)74-36-44-20-56(71-33-41-14-50(65-6)26-51(15-41)66-7)29-57(21-44)72-34-42-16-52(67-8)27-53(17-42)68-9/h10-30H,31-37H2,1-9H3. The highest BCUT2D eigenvalue weighted by Gasteiger charge is 2.14. The minimum atomic E-state index is -0.0166. The summed E-state index contributed by atoms with van der Waals surface area (Å²) in [5.74, 6) is 8.80. The van der Waals surface area contributed by atoms with Gasteiger partial charge in [-0.15, -0.1) is 0 Å². The lowest BCUT2D eigenvalue weighted by molar-refractivity contribution is -0.109. The maximum atomic E-state index is 12.2. The number of hydrogen-bond acceptors (Lipinski definition) is 16. The zero-order valence-corrected chi connectivity index (χ0v) is 44.4. The van der Waals surface area contributed by atoms with Crippen molar-refractivity contribution in [3.63, 3.8) is 0 Å². The molecule has 7 aromatic rings. The smallest absolute Gasteiger partial charge is 0.186 e. The number of methoxy groups -OCH3 is 8. The van der Waals surface area contributed by atoms with Crippen LogP contribution < -0.4 is 66.3 Å². The Kier molecular flexibility index (Phi) is 19.8. The molecule has 0 aliphatic rings. The van der Waals surface area contributed by atoms with Crippen LogP contribution in [-0.2, 0) is 50.2 Å². The van der Waals surface area contributed by atoms with E-state index in [1.807, 2.05) is 103 Å². The predicted octanol–water partition coefficient (Wildman–Crippen LogP) is 12.0. The average Bonchev–Trinajstić information content (AvgIpc) is 3.44. The van der Waals surface area contributed by atoms with Crippen LogP contribution in [0.5, 0.6) is 80.5 Å². The highest BCUT2D eigenvalue weighted by Crippen LogP contribution is 2.34. The summed E-state index contributed by atoms with van der Waals surface area (Å²) in [5.41, 5.74) is 5.75. The molecule has 0 bridgehead atoms. The maximum absolute atomic E-state index is 12.2. The van der Waals surface area contributed by atoms with Gasteiger partial charge in [-0.1, -0.05) is 11.8 Å². The van der Waals surface area contributed by atoms with Gasteiger partial charge in [-0.25, -0.2) is 0 Å². The first-order valence-electron chi connectivity index (χ1n) is 23.7. The van der Waals surface area contributed by atoms with Crippen LogP contribution in [0.4, 0.5) is 0 Å². The number of ether oxygens (including phenoxy) is 14. The zero-order chi connectivity index (χ0) is 53.1. The molecule has 0 aromatic heterocycles. The summed E-state index contributed by atoms with van der Waals surface area (Å²) >= 11 is 1.19. The maximum Gasteiger partial charge on any atom is 0.186 e. The van der Waals surface area contributed by atoms with E-state index in [0.29, 0.717) is 86.2 Å². The van der Waals surface area contributed by atoms with E-state index in [0.717, 1.165) is 38.9 Å². The van der Waals surface area contributed by atoms with E-state index < -0.39 is 0 Å². The zero-order valence-electron chi connectivity index (χ0n) is 43.6. The van der Waals surface area contributed by atoms with Gasteiger partial charge in [0.15, 0.2) is 5.12 Å². The van der Waals surface area contributed by atoms with Crippen LogP contribution in [0.2, 0.25) is 0 Å². The Morgan fingerprint density at radius 3 is 0.600 bits per heavy atom. The molecule has 0 radical (unpaired) electrons. The summed E-state index contributed by atoms with van der Waals surface area (Å²) < 4.78 is 82.4. The van der Waals surface area contributed by atoms with Gasteiger partial charge >= 0.3 is 0 Å². The summed E-state index contributed by atoms with van der Waals surface area (Å²) in [7, 11) is 12.8. The molecule has 0 spiro atoms. The lowest BCUT2D eigenvalue weighted by atomic mass is 10.2. The molecule has 16 heteroatoms. The quantitative estimate of drug-likeness (QED) is 0.0458. The Morgan fingerprint density at radius 1 is 0.267 bits per heavy atom. The second kappa shape index (κ2) is 27.2. The number of thioether (sulfide) groups is 1. The number of hydrogen-bond donors (Lipinski definition) is 0. The minimum Gasteiger partial charge on any atom is -0.497 e. The van der Waals surface area contributed by atoms with Crippen molar-refractivity contribution >= 4 is 16.9 Å². The first-order chi connectivity index (χ1) is 36.4. The number of rotatable bonds is 28. The van der Waals surface area contributed by atoms with Crippen LogP contribution in [0.15, 0.2) is 127 Å². The molecule has 394 valence electrons. The normalized spacial score (nSPS) is 10.7. The molecule has 15 nitrogen and oxygen atoms in total. The van der Waals surface area contributed by atoms with Crippen LogP contribution in [-0.4, -0.2) is 62.0 Å². The van der Waals surface area contributed by atoms with E-state index >= 15 is 0 Å². The molecule has 0 aliphatic heterocycles. The first kappa shape index (κ1) is 54.5. The molecule has 0 saturated carbocycles. The fourth-order valence-electron chi connectivity index (χ4n) is 7.63. The lowest BCUT2D eigenvalue weighted by Crippen LogP contribution is -2.03. The van der Waals surface area contributed by atoms with Crippen molar-refractivity contribution in [2.45, 2.75) is 52.3 Å². The second-order valence-electron chi connectivity index (χ2n) is 16.8. The van der Waals surface area contributed by atoms with Crippen molar-refractivity contribution in [2.24, 2.45) is 0 Å². The molecular weight excluding hydrogens is 981 g/mol. The number of carbonyl (C=O) groups excluding carboxylic acids is 1. The van der Waals surface area contributed by atoms with Crippen molar-refractivity contribution in [2.75, 3.05) is 56.9 Å².